The van der Waals surface area contributed by atoms with E-state index >= 15 is 0 Å². The van der Waals surface area contributed by atoms with Crippen LogP contribution in [0.2, 0.25) is 0 Å². The second kappa shape index (κ2) is 14.3. The van der Waals surface area contributed by atoms with E-state index in [2.05, 4.69) is 16.0 Å². The Morgan fingerprint density at radius 2 is 1.79 bits per heavy atom. The molecule has 2 rings (SSSR count). The Morgan fingerprint density at radius 1 is 1.06 bits per heavy atom. The Kier molecular flexibility index (Phi) is 11.8. The average Bonchev–Trinajstić information content (AvgIpc) is 3.32. The molecular weight excluding hydrogens is 458 g/mol. The van der Waals surface area contributed by atoms with Gasteiger partial charge in [0.1, 0.15) is 12.1 Å². The molecule has 1 aromatic rings. The first-order valence-electron chi connectivity index (χ1n) is 11.6. The summed E-state index contributed by atoms with van der Waals surface area (Å²) in [6, 6.07) is 6.73. The number of hydrogen-bond acceptors (Lipinski definition) is 6. The third-order valence-corrected chi connectivity index (χ3v) is 8.42. The number of carbonyl (C=O) groups is 4. The highest BCUT2D eigenvalue weighted by Gasteiger charge is 2.32. The first-order chi connectivity index (χ1) is 15.8. The van der Waals surface area contributed by atoms with Crippen molar-refractivity contribution in [2.75, 3.05) is 12.3 Å². The molecule has 1 aromatic carbocycles. The van der Waals surface area contributed by atoms with Crippen molar-refractivity contribution < 1.29 is 19.2 Å². The van der Waals surface area contributed by atoms with Gasteiger partial charge in [-0.1, -0.05) is 72.2 Å². The van der Waals surface area contributed by atoms with Gasteiger partial charge in [-0.25, -0.2) is 0 Å². The molecule has 1 saturated heterocycles. The molecule has 1 aliphatic heterocycles. The standard InChI is InChI=1S/C24H35N3O4S2/c1-4-25-24(31)22(29)21(17-10-6-5-7-11-17)27-23(30)20(16(2)3)26-19(28)13-9-8-12-18-14-15-32-33-18/h5-7,10-11,16,18,20-21H,4,8-9,12-15H2,1-3H3,(H,25,31)(H,26,28)(H,27,30)/t18?,20-,21-/m0/s1. The normalized spacial score (nSPS) is 17.3. The van der Waals surface area contributed by atoms with Crippen LogP contribution >= 0.6 is 21.6 Å². The molecule has 0 aromatic heterocycles. The van der Waals surface area contributed by atoms with E-state index in [4.69, 9.17) is 0 Å². The van der Waals surface area contributed by atoms with Crippen LogP contribution in [0.5, 0.6) is 0 Å². The van der Waals surface area contributed by atoms with Gasteiger partial charge in [-0.15, -0.1) is 0 Å². The molecule has 7 nitrogen and oxygen atoms in total. The lowest BCUT2D eigenvalue weighted by atomic mass is 9.98. The van der Waals surface area contributed by atoms with Crippen molar-refractivity contribution in [1.29, 1.82) is 0 Å². The van der Waals surface area contributed by atoms with Gasteiger partial charge in [0.2, 0.25) is 17.6 Å². The third-order valence-electron chi connectivity index (χ3n) is 5.42. The van der Waals surface area contributed by atoms with E-state index in [1.807, 2.05) is 35.4 Å². The molecule has 33 heavy (non-hydrogen) atoms. The van der Waals surface area contributed by atoms with Crippen molar-refractivity contribution in [2.45, 2.75) is 70.2 Å². The van der Waals surface area contributed by atoms with Crippen LogP contribution in [0.3, 0.4) is 0 Å². The van der Waals surface area contributed by atoms with E-state index in [0.717, 1.165) is 19.3 Å². The highest BCUT2D eigenvalue weighted by molar-refractivity contribution is 8.77. The summed E-state index contributed by atoms with van der Waals surface area (Å²) in [6.07, 6.45) is 4.47. The van der Waals surface area contributed by atoms with Crippen LogP contribution in [0.25, 0.3) is 0 Å². The van der Waals surface area contributed by atoms with Crippen LogP contribution in [0.1, 0.15) is 64.5 Å². The van der Waals surface area contributed by atoms with Crippen molar-refractivity contribution in [2.24, 2.45) is 5.92 Å². The number of hydrogen-bond donors (Lipinski definition) is 3. The fourth-order valence-corrected chi connectivity index (χ4v) is 6.59. The van der Waals surface area contributed by atoms with Crippen molar-refractivity contribution in [3.8, 4) is 0 Å². The van der Waals surface area contributed by atoms with E-state index < -0.39 is 29.7 Å². The van der Waals surface area contributed by atoms with Crippen LogP contribution in [0.4, 0.5) is 0 Å². The van der Waals surface area contributed by atoms with Crippen molar-refractivity contribution in [3.05, 3.63) is 35.9 Å². The number of ketones is 1. The lowest BCUT2D eigenvalue weighted by molar-refractivity contribution is -0.140. The zero-order valence-corrected chi connectivity index (χ0v) is 21.2. The van der Waals surface area contributed by atoms with Crippen LogP contribution in [-0.2, 0) is 19.2 Å². The molecule has 3 N–H and O–H groups in total. The SMILES string of the molecule is CCNC(=O)C(=O)[C@@H](NC(=O)[C@@H](NC(=O)CCCCC1CCSS1)C(C)C)c1ccccc1. The Balaban J connectivity index is 1.97. The van der Waals surface area contributed by atoms with Gasteiger partial charge < -0.3 is 16.0 Å². The molecule has 0 spiro atoms. The zero-order valence-electron chi connectivity index (χ0n) is 19.6. The van der Waals surface area contributed by atoms with Gasteiger partial charge in [-0.3, -0.25) is 19.2 Å². The van der Waals surface area contributed by atoms with Crippen LogP contribution in [0.15, 0.2) is 30.3 Å². The minimum Gasteiger partial charge on any atom is -0.350 e. The molecule has 1 fully saturated rings. The molecule has 1 aliphatic rings. The monoisotopic (exact) mass is 493 g/mol. The molecule has 182 valence electrons. The first kappa shape index (κ1) is 27.2. The maximum absolute atomic E-state index is 13.1. The molecular formula is C24H35N3O4S2. The number of nitrogens with one attached hydrogen (secondary N) is 3. The number of rotatable bonds is 13. The maximum Gasteiger partial charge on any atom is 0.289 e. The third kappa shape index (κ3) is 9.04. The highest BCUT2D eigenvalue weighted by Crippen LogP contribution is 2.39. The fraction of sp³-hybridized carbons (Fsp3) is 0.583. The first-order valence-corrected chi connectivity index (χ1v) is 14.0. The lowest BCUT2D eigenvalue weighted by Gasteiger charge is -2.25. The summed E-state index contributed by atoms with van der Waals surface area (Å²) in [5, 5.41) is 8.69. The molecule has 0 aliphatic carbocycles. The molecule has 3 amide bonds. The summed E-state index contributed by atoms with van der Waals surface area (Å²) in [6.45, 7) is 5.70. The molecule has 0 radical (unpaired) electrons. The van der Waals surface area contributed by atoms with Crippen LogP contribution in [-0.4, -0.2) is 47.1 Å². The van der Waals surface area contributed by atoms with Gasteiger partial charge in [0.25, 0.3) is 5.91 Å². The van der Waals surface area contributed by atoms with E-state index in [9.17, 15) is 19.2 Å². The summed E-state index contributed by atoms with van der Waals surface area (Å²) < 4.78 is 0. The molecule has 1 unspecified atom stereocenters. The number of likely N-dealkylation sites (N-methyl/N-ethyl adjacent to an activating group) is 1. The summed E-state index contributed by atoms with van der Waals surface area (Å²) in [5.41, 5.74) is 0.513. The van der Waals surface area contributed by atoms with Gasteiger partial charge in [0.05, 0.1) is 0 Å². The van der Waals surface area contributed by atoms with Crippen molar-refractivity contribution >= 4 is 45.1 Å². The largest absolute Gasteiger partial charge is 0.350 e. The predicted octanol–water partition coefficient (Wildman–Crippen LogP) is 3.40. The van der Waals surface area contributed by atoms with Gasteiger partial charge in [0, 0.05) is 24.0 Å². The number of unbranched alkanes of at least 4 members (excludes halogenated alkanes) is 1. The quantitative estimate of drug-likeness (QED) is 0.221. The number of carbonyl (C=O) groups excluding carboxylic acids is 4. The summed E-state index contributed by atoms with van der Waals surface area (Å²) in [7, 11) is 3.85. The maximum atomic E-state index is 13.1. The Labute approximate surface area is 204 Å². The number of Topliss-reactive ketones (excluding diaryl/α,β-unsaturated/α-hetero) is 1. The smallest absolute Gasteiger partial charge is 0.289 e. The number of benzene rings is 1. The predicted molar refractivity (Wildman–Crippen MR) is 135 cm³/mol. The summed E-state index contributed by atoms with van der Waals surface area (Å²) >= 11 is 0. The van der Waals surface area contributed by atoms with E-state index in [1.165, 1.54) is 12.2 Å². The van der Waals surface area contributed by atoms with Gasteiger partial charge in [0.15, 0.2) is 0 Å². The fourth-order valence-electron chi connectivity index (χ4n) is 3.56. The molecule has 0 saturated carbocycles. The summed E-state index contributed by atoms with van der Waals surface area (Å²) in [4.78, 5) is 50.5. The van der Waals surface area contributed by atoms with Crippen molar-refractivity contribution in [1.82, 2.24) is 16.0 Å². The molecule has 9 heteroatoms. The topological polar surface area (TPSA) is 104 Å². The van der Waals surface area contributed by atoms with Crippen LogP contribution in [0, 0.1) is 5.92 Å². The van der Waals surface area contributed by atoms with Gasteiger partial charge in [-0.2, -0.15) is 0 Å². The Bertz CT molecular complexity index is 798. The minimum atomic E-state index is -1.12. The Hall–Kier alpha value is -2.00. The number of amides is 3. The molecule has 0 bridgehead atoms. The average molecular weight is 494 g/mol. The van der Waals surface area contributed by atoms with Crippen molar-refractivity contribution in [3.63, 3.8) is 0 Å². The lowest BCUT2D eigenvalue weighted by Crippen LogP contribution is -2.52. The second-order valence-corrected chi connectivity index (χ2v) is 11.2. The highest BCUT2D eigenvalue weighted by atomic mass is 33.1. The van der Waals surface area contributed by atoms with Crippen LogP contribution < -0.4 is 16.0 Å². The van der Waals surface area contributed by atoms with E-state index in [0.29, 0.717) is 23.8 Å². The van der Waals surface area contributed by atoms with E-state index in [-0.39, 0.29) is 11.8 Å². The van der Waals surface area contributed by atoms with Gasteiger partial charge in [-0.05, 0) is 37.7 Å². The summed E-state index contributed by atoms with van der Waals surface area (Å²) in [5.74, 6) is -1.14. The molecule has 1 heterocycles. The Morgan fingerprint density at radius 3 is 2.39 bits per heavy atom. The zero-order chi connectivity index (χ0) is 24.2. The van der Waals surface area contributed by atoms with Gasteiger partial charge >= 0.3 is 0 Å². The van der Waals surface area contributed by atoms with E-state index in [1.54, 1.807) is 37.3 Å². The second-order valence-electron chi connectivity index (χ2n) is 8.44. The minimum absolute atomic E-state index is 0.177. The molecule has 3 atom stereocenters.